The molecule has 2 aromatic rings. The van der Waals surface area contributed by atoms with Crippen LogP contribution >= 0.6 is 0 Å². The molecule has 0 atom stereocenters. The number of hydrogen-bond acceptors (Lipinski definition) is 1. The van der Waals surface area contributed by atoms with Crippen LogP contribution in [-0.4, -0.2) is 5.78 Å². The van der Waals surface area contributed by atoms with E-state index in [1.807, 2.05) is 6.08 Å². The van der Waals surface area contributed by atoms with Crippen molar-refractivity contribution in [3.63, 3.8) is 0 Å². The molecule has 0 bridgehead atoms. The molecule has 0 fully saturated rings. The van der Waals surface area contributed by atoms with E-state index in [2.05, 4.69) is 36.4 Å². The first-order chi connectivity index (χ1) is 8.25. The van der Waals surface area contributed by atoms with Gasteiger partial charge in [0.25, 0.3) is 0 Å². The Morgan fingerprint density at radius 2 is 1.88 bits per heavy atom. The van der Waals surface area contributed by atoms with Gasteiger partial charge in [0.15, 0.2) is 5.78 Å². The number of hydrogen-bond donors (Lipinski definition) is 0. The predicted molar refractivity (Wildman–Crippen MR) is 70.9 cm³/mol. The molecule has 0 aromatic heterocycles. The van der Waals surface area contributed by atoms with Crippen LogP contribution < -0.4 is 0 Å². The Labute approximate surface area is 101 Å². The van der Waals surface area contributed by atoms with Gasteiger partial charge in [0.1, 0.15) is 0 Å². The maximum absolute atomic E-state index is 11.4. The van der Waals surface area contributed by atoms with Crippen LogP contribution in [0.15, 0.2) is 42.0 Å². The fraction of sp³-hybridized carbons (Fsp3) is 0.188. The average Bonchev–Trinajstić information content (AvgIpc) is 2.38. The predicted octanol–water partition coefficient (Wildman–Crippen LogP) is 3.76. The van der Waals surface area contributed by atoms with E-state index in [4.69, 9.17) is 0 Å². The van der Waals surface area contributed by atoms with Gasteiger partial charge in [-0.15, -0.1) is 0 Å². The molecule has 0 aliphatic heterocycles. The number of fused-ring (bicyclic) bond motifs is 3. The van der Waals surface area contributed by atoms with Crippen molar-refractivity contribution in [1.82, 2.24) is 0 Å². The zero-order chi connectivity index (χ0) is 11.8. The Morgan fingerprint density at radius 1 is 1.06 bits per heavy atom. The lowest BCUT2D eigenvalue weighted by atomic mass is 9.87. The summed E-state index contributed by atoms with van der Waals surface area (Å²) in [6.07, 6.45) is 3.89. The van der Waals surface area contributed by atoms with Gasteiger partial charge < -0.3 is 0 Å². The smallest absolute Gasteiger partial charge is 0.155 e. The zero-order valence-corrected chi connectivity index (χ0v) is 9.86. The molecule has 0 saturated heterocycles. The van der Waals surface area contributed by atoms with Crippen LogP contribution in [-0.2, 0) is 11.2 Å². The van der Waals surface area contributed by atoms with Crippen LogP contribution in [0, 0.1) is 0 Å². The van der Waals surface area contributed by atoms with Crippen LogP contribution in [0.5, 0.6) is 0 Å². The number of rotatable bonds is 1. The summed E-state index contributed by atoms with van der Waals surface area (Å²) in [5, 5.41) is 2.61. The minimum atomic E-state index is 0.198. The SMILES string of the molecule is CC(=O)C1=Cc2ccc3ccccc3c2CC1. The fourth-order valence-corrected chi connectivity index (χ4v) is 2.56. The summed E-state index contributed by atoms with van der Waals surface area (Å²) < 4.78 is 0. The van der Waals surface area contributed by atoms with Crippen molar-refractivity contribution in [1.29, 1.82) is 0 Å². The van der Waals surface area contributed by atoms with Crippen molar-refractivity contribution in [2.75, 3.05) is 0 Å². The number of benzene rings is 2. The van der Waals surface area contributed by atoms with Crippen LogP contribution in [0.1, 0.15) is 24.5 Å². The second-order valence-electron chi connectivity index (χ2n) is 4.58. The Hall–Kier alpha value is -1.89. The van der Waals surface area contributed by atoms with Gasteiger partial charge in [0.2, 0.25) is 0 Å². The molecule has 17 heavy (non-hydrogen) atoms. The number of aryl methyl sites for hydroxylation is 1. The highest BCUT2D eigenvalue weighted by atomic mass is 16.1. The molecule has 0 N–H and O–H groups in total. The van der Waals surface area contributed by atoms with Crippen molar-refractivity contribution in [2.45, 2.75) is 19.8 Å². The highest BCUT2D eigenvalue weighted by Gasteiger charge is 2.15. The minimum Gasteiger partial charge on any atom is -0.295 e. The highest BCUT2D eigenvalue weighted by Crippen LogP contribution is 2.30. The van der Waals surface area contributed by atoms with Crippen LogP contribution in [0.3, 0.4) is 0 Å². The summed E-state index contributed by atoms with van der Waals surface area (Å²) in [5.41, 5.74) is 3.54. The summed E-state index contributed by atoms with van der Waals surface area (Å²) in [6, 6.07) is 12.7. The summed E-state index contributed by atoms with van der Waals surface area (Å²) in [7, 11) is 0. The lowest BCUT2D eigenvalue weighted by molar-refractivity contribution is -0.113. The van der Waals surface area contributed by atoms with Gasteiger partial charge in [0, 0.05) is 0 Å². The third-order valence-electron chi connectivity index (χ3n) is 3.50. The first kappa shape index (κ1) is 10.3. The number of Topliss-reactive ketones (excluding diaryl/α,β-unsaturated/α-hetero) is 1. The molecule has 84 valence electrons. The molecule has 0 unspecified atom stereocenters. The molecule has 0 amide bonds. The Balaban J connectivity index is 2.24. The first-order valence-corrected chi connectivity index (χ1v) is 5.98. The third-order valence-corrected chi connectivity index (χ3v) is 3.50. The summed E-state index contributed by atoms with van der Waals surface area (Å²) in [4.78, 5) is 11.4. The van der Waals surface area contributed by atoms with Crippen LogP contribution in [0.4, 0.5) is 0 Å². The molecule has 0 heterocycles. The van der Waals surface area contributed by atoms with Crippen molar-refractivity contribution in [2.24, 2.45) is 0 Å². The van der Waals surface area contributed by atoms with Gasteiger partial charge >= 0.3 is 0 Å². The molecular formula is C16H14O. The molecule has 1 aliphatic carbocycles. The maximum atomic E-state index is 11.4. The van der Waals surface area contributed by atoms with E-state index in [-0.39, 0.29) is 5.78 Å². The quantitative estimate of drug-likeness (QED) is 0.718. The van der Waals surface area contributed by atoms with Gasteiger partial charge in [-0.1, -0.05) is 36.4 Å². The van der Waals surface area contributed by atoms with Crippen molar-refractivity contribution >= 4 is 22.6 Å². The Morgan fingerprint density at radius 3 is 2.71 bits per heavy atom. The summed E-state index contributed by atoms with van der Waals surface area (Å²) >= 11 is 0. The number of carbonyl (C=O) groups is 1. The van der Waals surface area contributed by atoms with Gasteiger partial charge in [0.05, 0.1) is 0 Å². The van der Waals surface area contributed by atoms with E-state index < -0.39 is 0 Å². The summed E-state index contributed by atoms with van der Waals surface area (Å²) in [6.45, 7) is 1.65. The van der Waals surface area contributed by atoms with Crippen molar-refractivity contribution in [3.8, 4) is 0 Å². The molecule has 0 spiro atoms. The van der Waals surface area contributed by atoms with Crippen molar-refractivity contribution < 1.29 is 4.79 Å². The monoisotopic (exact) mass is 222 g/mol. The Bertz CT molecular complexity index is 635. The van der Waals surface area contributed by atoms with E-state index in [1.165, 1.54) is 21.9 Å². The zero-order valence-electron chi connectivity index (χ0n) is 9.86. The van der Waals surface area contributed by atoms with E-state index in [0.29, 0.717) is 0 Å². The van der Waals surface area contributed by atoms with Gasteiger partial charge in [-0.25, -0.2) is 0 Å². The molecular weight excluding hydrogens is 208 g/mol. The number of carbonyl (C=O) groups excluding carboxylic acids is 1. The fourth-order valence-electron chi connectivity index (χ4n) is 2.56. The van der Waals surface area contributed by atoms with E-state index in [9.17, 15) is 4.79 Å². The van der Waals surface area contributed by atoms with E-state index >= 15 is 0 Å². The van der Waals surface area contributed by atoms with Crippen LogP contribution in [0.25, 0.3) is 16.8 Å². The molecule has 2 aromatic carbocycles. The molecule has 1 heteroatoms. The average molecular weight is 222 g/mol. The van der Waals surface area contributed by atoms with E-state index in [1.54, 1.807) is 6.92 Å². The molecule has 0 radical (unpaired) electrons. The standard InChI is InChI=1S/C16H14O/c1-11(17)13-8-9-16-14(10-13)7-6-12-4-2-3-5-15(12)16/h2-7,10H,8-9H2,1H3. The second-order valence-corrected chi connectivity index (χ2v) is 4.58. The topological polar surface area (TPSA) is 17.1 Å². The van der Waals surface area contributed by atoms with Gasteiger partial charge in [-0.3, -0.25) is 4.79 Å². The van der Waals surface area contributed by atoms with Crippen molar-refractivity contribution in [3.05, 3.63) is 53.1 Å². The number of allylic oxidation sites excluding steroid dienone is 1. The third kappa shape index (κ3) is 1.68. The summed E-state index contributed by atoms with van der Waals surface area (Å²) in [5.74, 6) is 0.198. The first-order valence-electron chi connectivity index (χ1n) is 5.98. The molecule has 0 saturated carbocycles. The number of ketones is 1. The lowest BCUT2D eigenvalue weighted by Gasteiger charge is -2.17. The van der Waals surface area contributed by atoms with Gasteiger partial charge in [-0.2, -0.15) is 0 Å². The molecule has 1 nitrogen and oxygen atoms in total. The van der Waals surface area contributed by atoms with Crippen LogP contribution in [0.2, 0.25) is 0 Å². The Kier molecular flexibility index (Phi) is 2.32. The lowest BCUT2D eigenvalue weighted by Crippen LogP contribution is -2.05. The largest absolute Gasteiger partial charge is 0.295 e. The minimum absolute atomic E-state index is 0.198. The molecule has 3 rings (SSSR count). The molecule has 1 aliphatic rings. The maximum Gasteiger partial charge on any atom is 0.155 e. The highest BCUT2D eigenvalue weighted by molar-refractivity contribution is 6.00. The van der Waals surface area contributed by atoms with Gasteiger partial charge in [-0.05, 0) is 53.3 Å². The van der Waals surface area contributed by atoms with E-state index in [0.717, 1.165) is 18.4 Å². The second kappa shape index (κ2) is 3.85. The normalized spacial score (nSPS) is 14.3.